The lowest BCUT2D eigenvalue weighted by atomic mass is 9.97. The van der Waals surface area contributed by atoms with Gasteiger partial charge in [-0.1, -0.05) is 0 Å². The van der Waals surface area contributed by atoms with Crippen molar-refractivity contribution < 1.29 is 17.9 Å². The van der Waals surface area contributed by atoms with Gasteiger partial charge in [0.1, 0.15) is 11.9 Å². The van der Waals surface area contributed by atoms with Gasteiger partial charge in [0.2, 0.25) is 0 Å². The lowest BCUT2D eigenvalue weighted by Gasteiger charge is -2.38. The highest BCUT2D eigenvalue weighted by molar-refractivity contribution is 5.03. The molecule has 0 spiro atoms. The topological polar surface area (TPSA) is 42.3 Å². The van der Waals surface area contributed by atoms with Crippen LogP contribution in [0, 0.1) is 0 Å². The van der Waals surface area contributed by atoms with E-state index < -0.39 is 12.7 Å². The second-order valence-electron chi connectivity index (χ2n) is 6.94. The molecule has 3 heterocycles. The molecular formula is C17H27F3N4O. The molecule has 2 aliphatic heterocycles. The molecule has 142 valence electrons. The first-order valence-corrected chi connectivity index (χ1v) is 9.14. The number of nitrogens with one attached hydrogen (secondary N) is 1. The van der Waals surface area contributed by atoms with Gasteiger partial charge < -0.3 is 14.6 Å². The van der Waals surface area contributed by atoms with Crippen LogP contribution < -0.4 is 5.32 Å². The molecule has 2 aliphatic rings. The van der Waals surface area contributed by atoms with Gasteiger partial charge in [-0.15, -0.1) is 0 Å². The van der Waals surface area contributed by atoms with E-state index in [4.69, 9.17) is 4.74 Å². The molecule has 0 amide bonds. The number of likely N-dealkylation sites (tertiary alicyclic amines) is 1. The number of hydrogen-bond acceptors (Lipinski definition) is 4. The maximum absolute atomic E-state index is 12.5. The minimum Gasteiger partial charge on any atom is -0.369 e. The first-order chi connectivity index (χ1) is 12.0. The fourth-order valence-electron chi connectivity index (χ4n) is 3.87. The summed E-state index contributed by atoms with van der Waals surface area (Å²) in [6.45, 7) is 3.81. The van der Waals surface area contributed by atoms with E-state index in [9.17, 15) is 13.2 Å². The molecule has 2 saturated heterocycles. The molecule has 0 radical (unpaired) electrons. The molecule has 0 saturated carbocycles. The van der Waals surface area contributed by atoms with E-state index in [0.29, 0.717) is 13.1 Å². The first kappa shape index (κ1) is 18.7. The summed E-state index contributed by atoms with van der Waals surface area (Å²) in [5.74, 6) is 0.939. The Kier molecular flexibility index (Phi) is 6.01. The molecular weight excluding hydrogens is 333 g/mol. The summed E-state index contributed by atoms with van der Waals surface area (Å²) in [7, 11) is 0. The quantitative estimate of drug-likeness (QED) is 0.877. The van der Waals surface area contributed by atoms with Crippen LogP contribution in [0.2, 0.25) is 0 Å². The minimum absolute atomic E-state index is 0.0862. The molecule has 0 aliphatic carbocycles. The van der Waals surface area contributed by atoms with E-state index in [1.54, 1.807) is 6.20 Å². The van der Waals surface area contributed by atoms with Crippen molar-refractivity contribution in [3.05, 3.63) is 18.2 Å². The van der Waals surface area contributed by atoms with Crippen molar-refractivity contribution >= 4 is 0 Å². The predicted molar refractivity (Wildman–Crippen MR) is 88.3 cm³/mol. The van der Waals surface area contributed by atoms with Crippen molar-refractivity contribution in [1.82, 2.24) is 19.8 Å². The van der Waals surface area contributed by atoms with Crippen molar-refractivity contribution in [2.75, 3.05) is 26.2 Å². The molecule has 1 aromatic heterocycles. The van der Waals surface area contributed by atoms with Crippen LogP contribution in [0.5, 0.6) is 0 Å². The maximum atomic E-state index is 12.5. The summed E-state index contributed by atoms with van der Waals surface area (Å²) in [6.07, 6.45) is 3.03. The van der Waals surface area contributed by atoms with Crippen molar-refractivity contribution in [3.8, 4) is 0 Å². The Morgan fingerprint density at radius 3 is 2.72 bits per heavy atom. The molecule has 1 aromatic rings. The third-order valence-electron chi connectivity index (χ3n) is 5.11. The second kappa shape index (κ2) is 8.05. The van der Waals surface area contributed by atoms with Crippen molar-refractivity contribution in [2.45, 2.75) is 63.5 Å². The van der Waals surface area contributed by atoms with Gasteiger partial charge in [0.15, 0.2) is 0 Å². The zero-order valence-electron chi connectivity index (χ0n) is 14.6. The van der Waals surface area contributed by atoms with E-state index in [1.165, 1.54) is 4.90 Å². The first-order valence-electron chi connectivity index (χ1n) is 9.14. The number of aryl methyl sites for hydroxylation is 1. The fraction of sp³-hybridized carbons (Fsp3) is 0.824. The molecule has 1 N–H and O–H groups in total. The number of hydrogen-bond donors (Lipinski definition) is 1. The van der Waals surface area contributed by atoms with E-state index in [-0.39, 0.29) is 18.2 Å². The van der Waals surface area contributed by atoms with Crippen LogP contribution >= 0.6 is 0 Å². The number of imidazole rings is 1. The summed E-state index contributed by atoms with van der Waals surface area (Å²) in [6, 6.07) is 0.407. The number of rotatable bonds is 5. The second-order valence-corrected chi connectivity index (χ2v) is 6.94. The zero-order chi connectivity index (χ0) is 17.9. The van der Waals surface area contributed by atoms with E-state index in [0.717, 1.165) is 44.7 Å². The van der Waals surface area contributed by atoms with Crippen LogP contribution in [0.15, 0.2) is 12.4 Å². The molecule has 8 heteroatoms. The smallest absolute Gasteiger partial charge is 0.369 e. The Hall–Kier alpha value is -1.12. The van der Waals surface area contributed by atoms with Gasteiger partial charge in [-0.05, 0) is 45.7 Å². The van der Waals surface area contributed by atoms with Crippen LogP contribution in [-0.2, 0) is 11.3 Å². The third-order valence-corrected chi connectivity index (χ3v) is 5.11. The lowest BCUT2D eigenvalue weighted by molar-refractivity contribution is -0.148. The molecule has 2 fully saturated rings. The summed E-state index contributed by atoms with van der Waals surface area (Å²) in [4.78, 5) is 5.97. The average molecular weight is 360 g/mol. The Labute approximate surface area is 146 Å². The standard InChI is InChI=1S/C17H27F3N4O/c1-2-24-10-7-21-16(24)15-14(4-3-11-25-15)22-13-5-8-23(9-6-13)12-17(18,19)20/h7,10,13-15,22H,2-6,8-9,11-12H2,1H3/t14-,15-/m0/s1. The van der Waals surface area contributed by atoms with Crippen LogP contribution in [0.1, 0.15) is 44.5 Å². The number of alkyl halides is 3. The Morgan fingerprint density at radius 1 is 1.28 bits per heavy atom. The predicted octanol–water partition coefficient (Wildman–Crippen LogP) is 2.74. The van der Waals surface area contributed by atoms with Crippen LogP contribution in [0.25, 0.3) is 0 Å². The molecule has 5 nitrogen and oxygen atoms in total. The van der Waals surface area contributed by atoms with Gasteiger partial charge >= 0.3 is 6.18 Å². The van der Waals surface area contributed by atoms with Gasteiger partial charge in [-0.2, -0.15) is 13.2 Å². The fourth-order valence-corrected chi connectivity index (χ4v) is 3.87. The monoisotopic (exact) mass is 360 g/mol. The molecule has 2 atom stereocenters. The zero-order valence-corrected chi connectivity index (χ0v) is 14.6. The van der Waals surface area contributed by atoms with Gasteiger partial charge in [0.25, 0.3) is 0 Å². The van der Waals surface area contributed by atoms with Crippen molar-refractivity contribution in [2.24, 2.45) is 0 Å². The Bertz CT molecular complexity index is 540. The van der Waals surface area contributed by atoms with E-state index in [1.807, 2.05) is 6.20 Å². The van der Waals surface area contributed by atoms with Crippen LogP contribution in [-0.4, -0.2) is 59.0 Å². The highest BCUT2D eigenvalue weighted by atomic mass is 19.4. The molecule has 0 bridgehead atoms. The molecule has 3 rings (SSSR count). The summed E-state index contributed by atoms with van der Waals surface area (Å²) < 4.78 is 45.6. The van der Waals surface area contributed by atoms with Gasteiger partial charge in [-0.3, -0.25) is 4.90 Å². The normalized spacial score (nSPS) is 26.9. The molecule has 0 unspecified atom stereocenters. The Morgan fingerprint density at radius 2 is 2.04 bits per heavy atom. The number of nitrogens with zero attached hydrogens (tertiary/aromatic N) is 3. The average Bonchev–Trinajstić information content (AvgIpc) is 3.04. The van der Waals surface area contributed by atoms with Crippen molar-refractivity contribution in [3.63, 3.8) is 0 Å². The molecule has 0 aromatic carbocycles. The van der Waals surface area contributed by atoms with Crippen LogP contribution in [0.4, 0.5) is 13.2 Å². The summed E-state index contributed by atoms with van der Waals surface area (Å²) in [5.41, 5.74) is 0. The Balaban J connectivity index is 1.56. The summed E-state index contributed by atoms with van der Waals surface area (Å²) in [5, 5.41) is 3.64. The SMILES string of the molecule is CCn1ccnc1[C@H]1OCCC[C@@H]1NC1CCN(CC(F)(F)F)CC1. The van der Waals surface area contributed by atoms with Gasteiger partial charge in [-0.25, -0.2) is 4.98 Å². The molecule has 25 heavy (non-hydrogen) atoms. The van der Waals surface area contributed by atoms with Gasteiger partial charge in [0, 0.05) is 37.6 Å². The number of ether oxygens (including phenoxy) is 1. The highest BCUT2D eigenvalue weighted by Crippen LogP contribution is 2.29. The lowest BCUT2D eigenvalue weighted by Crippen LogP contribution is -2.51. The minimum atomic E-state index is -4.11. The van der Waals surface area contributed by atoms with E-state index in [2.05, 4.69) is 21.8 Å². The number of piperidine rings is 1. The van der Waals surface area contributed by atoms with Gasteiger partial charge in [0.05, 0.1) is 6.54 Å². The van der Waals surface area contributed by atoms with Crippen LogP contribution in [0.3, 0.4) is 0 Å². The number of halogens is 3. The van der Waals surface area contributed by atoms with Crippen molar-refractivity contribution in [1.29, 1.82) is 0 Å². The summed E-state index contributed by atoms with van der Waals surface area (Å²) >= 11 is 0. The van der Waals surface area contributed by atoms with E-state index >= 15 is 0 Å². The third kappa shape index (κ3) is 4.95. The maximum Gasteiger partial charge on any atom is 0.401 e. The highest BCUT2D eigenvalue weighted by Gasteiger charge is 2.35. The largest absolute Gasteiger partial charge is 0.401 e. The number of aromatic nitrogens is 2.